The fourth-order valence-electron chi connectivity index (χ4n) is 7.65. The molecule has 1 N–H and O–H groups in total. The number of ether oxygens (including phenoxy) is 11. The average Bonchev–Trinajstić information content (AvgIpc) is 3.67. The molecule has 0 saturated carbocycles. The van der Waals surface area contributed by atoms with Crippen LogP contribution >= 0.6 is 0 Å². The Balaban J connectivity index is 1.33. The van der Waals surface area contributed by atoms with Crippen LogP contribution in [0.4, 0.5) is 0 Å². The smallest absolute Gasteiger partial charge is 0.310 e. The Morgan fingerprint density at radius 2 is 1.50 bits per heavy atom. The molecule has 4 heterocycles. The first-order chi connectivity index (χ1) is 23.7. The Bertz CT molecular complexity index is 1570. The first kappa shape index (κ1) is 35.1. The van der Waals surface area contributed by atoms with Gasteiger partial charge in [0.25, 0.3) is 0 Å². The van der Waals surface area contributed by atoms with Gasteiger partial charge in [-0.1, -0.05) is 0 Å². The maximum atomic E-state index is 13.8. The zero-order chi connectivity index (χ0) is 35.7. The number of aliphatic hydroxyl groups is 1. The molecule has 0 spiro atoms. The van der Waals surface area contributed by atoms with E-state index in [9.17, 15) is 9.90 Å². The summed E-state index contributed by atoms with van der Waals surface area (Å²) in [4.78, 5) is 13.8. The number of hydrogen-bond acceptors (Lipinski definition) is 13. The fraction of sp³-hybridized carbons (Fsp3) is 0.649. The Morgan fingerprint density at radius 3 is 2.12 bits per heavy atom. The standard InChI is InChI=1S/C37H48O13/c1-17-42-15-26-32(46-17)29(38)33(50-37(5,6)7)35(47-26)48-30-20-13-23-22(44-16-45-23)12-19(20)27(28-21(30)14-43-34(28)39)18-10-24(40-8)31(25(11-18)41-9)49-36(2,3)4/h10-13,17,21,26-30,32-33,35,38H,14-16H2,1-9H3/t17-,21+,26-,27-,28+,29+,30-,32-,33-,35?/m1/s1. The molecule has 3 saturated heterocycles. The summed E-state index contributed by atoms with van der Waals surface area (Å²) >= 11 is 0. The minimum Gasteiger partial charge on any atom is -0.493 e. The largest absolute Gasteiger partial charge is 0.493 e. The van der Waals surface area contributed by atoms with E-state index in [1.165, 1.54) is 0 Å². The van der Waals surface area contributed by atoms with Crippen LogP contribution in [0.25, 0.3) is 0 Å². The quantitative estimate of drug-likeness (QED) is 0.402. The van der Waals surface area contributed by atoms with Crippen LogP contribution in [0.3, 0.4) is 0 Å². The second-order valence-corrected chi connectivity index (χ2v) is 15.4. The minimum absolute atomic E-state index is 0.0602. The summed E-state index contributed by atoms with van der Waals surface area (Å²) in [5, 5.41) is 11.7. The van der Waals surface area contributed by atoms with Crippen molar-refractivity contribution in [2.24, 2.45) is 11.8 Å². The summed E-state index contributed by atoms with van der Waals surface area (Å²) in [5.41, 5.74) is 1.14. The highest BCUT2D eigenvalue weighted by Gasteiger charge is 2.57. The van der Waals surface area contributed by atoms with Gasteiger partial charge < -0.3 is 57.2 Å². The van der Waals surface area contributed by atoms with Gasteiger partial charge in [0.05, 0.1) is 45.1 Å². The molecule has 7 rings (SSSR count). The molecule has 13 nitrogen and oxygen atoms in total. The van der Waals surface area contributed by atoms with Gasteiger partial charge in [-0.2, -0.15) is 0 Å². The third-order valence-electron chi connectivity index (χ3n) is 9.60. The fourth-order valence-corrected chi connectivity index (χ4v) is 7.65. The molecule has 2 aromatic rings. The van der Waals surface area contributed by atoms with E-state index in [2.05, 4.69) is 0 Å². The van der Waals surface area contributed by atoms with Crippen molar-refractivity contribution in [2.45, 2.75) is 109 Å². The number of fused-ring (bicyclic) bond motifs is 4. The van der Waals surface area contributed by atoms with E-state index in [1.54, 1.807) is 21.1 Å². The van der Waals surface area contributed by atoms with Crippen molar-refractivity contribution in [3.05, 3.63) is 41.0 Å². The first-order valence-corrected chi connectivity index (χ1v) is 17.1. The van der Waals surface area contributed by atoms with Crippen LogP contribution in [0.1, 0.15) is 77.2 Å². The molecule has 50 heavy (non-hydrogen) atoms. The third-order valence-corrected chi connectivity index (χ3v) is 9.60. The Morgan fingerprint density at radius 1 is 0.840 bits per heavy atom. The SMILES string of the molecule is COc1cc([C@@H]2c3cc4c(cc3[C@@H](OC3O[C@@H]5CO[C@@H](C)O[C@H]5[C@H](O)[C@H]3OC(C)(C)C)[C@H]3COC(=O)[C@H]23)OCO4)cc(OC)c1OC(C)(C)C. The van der Waals surface area contributed by atoms with E-state index in [0.29, 0.717) is 28.7 Å². The molecular formula is C37H48O13. The van der Waals surface area contributed by atoms with Crippen LogP contribution in [-0.2, 0) is 33.2 Å². The van der Waals surface area contributed by atoms with Gasteiger partial charge in [0, 0.05) is 11.8 Å². The monoisotopic (exact) mass is 700 g/mol. The van der Waals surface area contributed by atoms with E-state index in [0.717, 1.165) is 16.7 Å². The van der Waals surface area contributed by atoms with Crippen molar-refractivity contribution in [3.63, 3.8) is 0 Å². The van der Waals surface area contributed by atoms with E-state index >= 15 is 0 Å². The molecule has 3 fully saturated rings. The molecule has 10 atom stereocenters. The second-order valence-electron chi connectivity index (χ2n) is 15.4. The summed E-state index contributed by atoms with van der Waals surface area (Å²) in [7, 11) is 3.14. The molecule has 13 heteroatoms. The van der Waals surface area contributed by atoms with Crippen molar-refractivity contribution in [3.8, 4) is 28.7 Å². The molecule has 2 aromatic carbocycles. The predicted octanol–water partition coefficient (Wildman–Crippen LogP) is 4.63. The number of aliphatic hydroxyl groups excluding tert-OH is 1. The maximum Gasteiger partial charge on any atom is 0.310 e. The average molecular weight is 701 g/mol. The van der Waals surface area contributed by atoms with Crippen LogP contribution in [0.2, 0.25) is 0 Å². The summed E-state index contributed by atoms with van der Waals surface area (Å²) < 4.78 is 66.9. The minimum atomic E-state index is -1.08. The lowest BCUT2D eigenvalue weighted by Gasteiger charge is -2.50. The van der Waals surface area contributed by atoms with Crippen molar-refractivity contribution >= 4 is 5.97 Å². The molecule has 4 aliphatic heterocycles. The lowest BCUT2D eigenvalue weighted by atomic mass is 9.66. The maximum absolute atomic E-state index is 13.8. The van der Waals surface area contributed by atoms with E-state index in [-0.39, 0.29) is 26.0 Å². The molecule has 0 radical (unpaired) electrons. The number of carbonyl (C=O) groups excluding carboxylic acids is 1. The lowest BCUT2D eigenvalue weighted by molar-refractivity contribution is -0.376. The van der Waals surface area contributed by atoms with Crippen LogP contribution in [0.15, 0.2) is 24.3 Å². The molecular weight excluding hydrogens is 652 g/mol. The molecule has 1 aliphatic carbocycles. The molecule has 5 aliphatic rings. The number of benzene rings is 2. The number of carbonyl (C=O) groups is 1. The van der Waals surface area contributed by atoms with Crippen molar-refractivity contribution in [1.29, 1.82) is 0 Å². The normalized spacial score (nSPS) is 33.2. The van der Waals surface area contributed by atoms with Gasteiger partial charge >= 0.3 is 5.97 Å². The lowest BCUT2D eigenvalue weighted by Crippen LogP contribution is -2.64. The molecule has 274 valence electrons. The Hall–Kier alpha value is -3.33. The number of cyclic esters (lactones) is 1. The predicted molar refractivity (Wildman–Crippen MR) is 176 cm³/mol. The van der Waals surface area contributed by atoms with Gasteiger partial charge in [-0.3, -0.25) is 4.79 Å². The first-order valence-electron chi connectivity index (χ1n) is 17.1. The van der Waals surface area contributed by atoms with E-state index < -0.39 is 72.1 Å². The molecule has 0 amide bonds. The van der Waals surface area contributed by atoms with Crippen LogP contribution in [0.5, 0.6) is 28.7 Å². The Kier molecular flexibility index (Phi) is 9.14. The third kappa shape index (κ3) is 6.48. The molecule has 0 bridgehead atoms. The van der Waals surface area contributed by atoms with Crippen LogP contribution in [-0.4, -0.2) is 93.5 Å². The molecule has 1 unspecified atom stereocenters. The van der Waals surface area contributed by atoms with Crippen LogP contribution < -0.4 is 23.7 Å². The zero-order valence-electron chi connectivity index (χ0n) is 30.1. The van der Waals surface area contributed by atoms with Crippen molar-refractivity contribution < 1.29 is 62.0 Å². The van der Waals surface area contributed by atoms with E-state index in [1.807, 2.05) is 65.8 Å². The zero-order valence-corrected chi connectivity index (χ0v) is 30.1. The summed E-state index contributed by atoms with van der Waals surface area (Å²) in [6.07, 6.45) is -5.56. The number of rotatable bonds is 7. The van der Waals surface area contributed by atoms with Crippen molar-refractivity contribution in [2.75, 3.05) is 34.2 Å². The topological polar surface area (TPSA) is 139 Å². The number of hydrogen-bond donors (Lipinski definition) is 1. The van der Waals surface area contributed by atoms with Gasteiger partial charge in [-0.25, -0.2) is 0 Å². The Labute approximate surface area is 292 Å². The van der Waals surface area contributed by atoms with Gasteiger partial charge in [0.2, 0.25) is 12.5 Å². The number of methoxy groups -OCH3 is 2. The van der Waals surface area contributed by atoms with Crippen molar-refractivity contribution in [1.82, 2.24) is 0 Å². The number of esters is 1. The highest BCUT2D eigenvalue weighted by molar-refractivity contribution is 5.79. The van der Waals surface area contributed by atoms with Gasteiger partial charge in [0.15, 0.2) is 35.6 Å². The van der Waals surface area contributed by atoms with Crippen LogP contribution in [0, 0.1) is 11.8 Å². The van der Waals surface area contributed by atoms with Gasteiger partial charge in [-0.15, -0.1) is 0 Å². The summed E-state index contributed by atoms with van der Waals surface area (Å²) in [5.74, 6) is 0.514. The molecule has 0 aromatic heterocycles. The highest BCUT2D eigenvalue weighted by atomic mass is 16.8. The summed E-state index contributed by atoms with van der Waals surface area (Å²) in [6, 6.07) is 7.56. The highest BCUT2D eigenvalue weighted by Crippen LogP contribution is 2.57. The second kappa shape index (κ2) is 13.0. The van der Waals surface area contributed by atoms with Gasteiger partial charge in [-0.05, 0) is 89.4 Å². The summed E-state index contributed by atoms with van der Waals surface area (Å²) in [6.45, 7) is 13.7. The van der Waals surface area contributed by atoms with Gasteiger partial charge in [0.1, 0.15) is 30.0 Å². The van der Waals surface area contributed by atoms with E-state index in [4.69, 9.17) is 52.1 Å².